The molecule has 0 saturated heterocycles. The lowest BCUT2D eigenvalue weighted by Crippen LogP contribution is -2.13. The van der Waals surface area contributed by atoms with E-state index in [1.165, 1.54) is 11.3 Å². The largest absolute Gasteiger partial charge is 0.330 e. The van der Waals surface area contributed by atoms with E-state index in [1.54, 1.807) is 0 Å². The second-order valence-electron chi connectivity index (χ2n) is 4.71. The van der Waals surface area contributed by atoms with Crippen molar-refractivity contribution in [3.63, 3.8) is 0 Å². The van der Waals surface area contributed by atoms with E-state index in [-0.39, 0.29) is 5.41 Å². The van der Waals surface area contributed by atoms with E-state index in [9.17, 15) is 0 Å². The highest BCUT2D eigenvalue weighted by molar-refractivity contribution is 5.30. The van der Waals surface area contributed by atoms with Gasteiger partial charge in [-0.15, -0.1) is 0 Å². The average Bonchev–Trinajstić information content (AvgIpc) is 2.80. The fraction of sp³-hybridized carbons (Fsp3) is 0.429. The summed E-state index contributed by atoms with van der Waals surface area (Å²) in [5.74, 6) is 0. The first-order valence-electron chi connectivity index (χ1n) is 5.95. The maximum atomic E-state index is 9.03. The number of hydrogen-bond acceptors (Lipinski definition) is 2. The molecule has 1 heterocycles. The Morgan fingerprint density at radius 3 is 3.00 bits per heavy atom. The number of aromatic nitrogens is 2. The van der Waals surface area contributed by atoms with Crippen molar-refractivity contribution < 1.29 is 0 Å². The highest BCUT2D eigenvalue weighted by Gasteiger charge is 2.21. The standard InChI is InChI=1S/C14H17N3/c1-3-13-8-16-11-17(13)9-12-4-6-14(2,10-15)7-5-12/h4-6,8,11H,3,7,9H2,1-2H3. The summed E-state index contributed by atoms with van der Waals surface area (Å²) in [7, 11) is 0. The van der Waals surface area contributed by atoms with Crippen LogP contribution in [-0.2, 0) is 13.0 Å². The molecule has 1 atom stereocenters. The van der Waals surface area contributed by atoms with Crippen LogP contribution in [0.1, 0.15) is 26.0 Å². The van der Waals surface area contributed by atoms with Gasteiger partial charge in [-0.1, -0.05) is 25.2 Å². The van der Waals surface area contributed by atoms with Gasteiger partial charge in [-0.3, -0.25) is 0 Å². The van der Waals surface area contributed by atoms with Gasteiger partial charge in [-0.25, -0.2) is 4.98 Å². The zero-order chi connectivity index (χ0) is 12.3. The number of nitrogens with zero attached hydrogens (tertiary/aromatic N) is 3. The fourth-order valence-electron chi connectivity index (χ4n) is 1.95. The molecule has 17 heavy (non-hydrogen) atoms. The molecule has 1 unspecified atom stereocenters. The van der Waals surface area contributed by atoms with Gasteiger partial charge in [0.25, 0.3) is 0 Å². The van der Waals surface area contributed by atoms with E-state index in [2.05, 4.69) is 34.7 Å². The SMILES string of the molecule is CCc1cncn1CC1=CCC(C)(C#N)C=C1. The summed E-state index contributed by atoms with van der Waals surface area (Å²) in [6, 6.07) is 2.33. The van der Waals surface area contributed by atoms with Crippen molar-refractivity contribution in [2.24, 2.45) is 5.41 Å². The van der Waals surface area contributed by atoms with Crippen molar-refractivity contribution >= 4 is 0 Å². The summed E-state index contributed by atoms with van der Waals surface area (Å²) in [6.07, 6.45) is 11.8. The van der Waals surface area contributed by atoms with Gasteiger partial charge in [0.05, 0.1) is 17.8 Å². The van der Waals surface area contributed by atoms with E-state index in [4.69, 9.17) is 5.26 Å². The zero-order valence-corrected chi connectivity index (χ0v) is 10.3. The Kier molecular flexibility index (Phi) is 3.14. The van der Waals surface area contributed by atoms with Crippen molar-refractivity contribution in [2.45, 2.75) is 33.2 Å². The number of rotatable bonds is 3. The monoisotopic (exact) mass is 227 g/mol. The van der Waals surface area contributed by atoms with Crippen LogP contribution < -0.4 is 0 Å². The van der Waals surface area contributed by atoms with Crippen LogP contribution >= 0.6 is 0 Å². The zero-order valence-electron chi connectivity index (χ0n) is 10.3. The van der Waals surface area contributed by atoms with Crippen LogP contribution in [0, 0.1) is 16.7 Å². The van der Waals surface area contributed by atoms with Crippen LogP contribution in [-0.4, -0.2) is 9.55 Å². The molecule has 0 aromatic carbocycles. The first-order valence-corrected chi connectivity index (χ1v) is 5.95. The van der Waals surface area contributed by atoms with Crippen molar-refractivity contribution in [2.75, 3.05) is 0 Å². The average molecular weight is 227 g/mol. The third-order valence-corrected chi connectivity index (χ3v) is 3.22. The maximum absolute atomic E-state index is 9.03. The molecule has 1 aliphatic carbocycles. The molecule has 0 radical (unpaired) electrons. The Morgan fingerprint density at radius 1 is 1.59 bits per heavy atom. The Balaban J connectivity index is 2.09. The molecule has 0 saturated carbocycles. The van der Waals surface area contributed by atoms with E-state index in [0.29, 0.717) is 0 Å². The molecular formula is C14H17N3. The number of hydrogen-bond donors (Lipinski definition) is 0. The summed E-state index contributed by atoms with van der Waals surface area (Å²) >= 11 is 0. The molecule has 0 spiro atoms. The number of imidazole rings is 1. The lowest BCUT2D eigenvalue weighted by molar-refractivity contribution is 0.564. The van der Waals surface area contributed by atoms with Crippen molar-refractivity contribution in [1.82, 2.24) is 9.55 Å². The molecule has 88 valence electrons. The van der Waals surface area contributed by atoms with E-state index < -0.39 is 0 Å². The Hall–Kier alpha value is -1.82. The second kappa shape index (κ2) is 4.58. The lowest BCUT2D eigenvalue weighted by Gasteiger charge is -2.20. The molecule has 0 fully saturated rings. The van der Waals surface area contributed by atoms with Crippen molar-refractivity contribution in [1.29, 1.82) is 5.26 Å². The molecule has 3 nitrogen and oxygen atoms in total. The second-order valence-corrected chi connectivity index (χ2v) is 4.71. The number of aryl methyl sites for hydroxylation is 1. The summed E-state index contributed by atoms with van der Waals surface area (Å²) in [5, 5.41) is 9.03. The first kappa shape index (κ1) is 11.7. The van der Waals surface area contributed by atoms with E-state index >= 15 is 0 Å². The normalized spacial score (nSPS) is 23.2. The summed E-state index contributed by atoms with van der Waals surface area (Å²) in [6.45, 7) is 4.94. The Morgan fingerprint density at radius 2 is 2.41 bits per heavy atom. The quantitative estimate of drug-likeness (QED) is 0.796. The van der Waals surface area contributed by atoms with Crippen LogP contribution in [0.2, 0.25) is 0 Å². The highest BCUT2D eigenvalue weighted by atomic mass is 15.0. The van der Waals surface area contributed by atoms with E-state index in [0.717, 1.165) is 19.4 Å². The summed E-state index contributed by atoms with van der Waals surface area (Å²) in [5.41, 5.74) is 2.17. The third kappa shape index (κ3) is 2.47. The Labute approximate surface area is 102 Å². The molecule has 0 aliphatic heterocycles. The van der Waals surface area contributed by atoms with Crippen LogP contribution in [0.15, 0.2) is 36.3 Å². The fourth-order valence-corrected chi connectivity index (χ4v) is 1.95. The maximum Gasteiger partial charge on any atom is 0.0951 e. The van der Waals surface area contributed by atoms with E-state index in [1.807, 2.05) is 25.5 Å². The lowest BCUT2D eigenvalue weighted by atomic mass is 9.83. The predicted octanol–water partition coefficient (Wildman–Crippen LogP) is 2.86. The number of nitriles is 1. The minimum Gasteiger partial charge on any atom is -0.330 e. The van der Waals surface area contributed by atoms with Gasteiger partial charge in [0, 0.05) is 18.4 Å². The minimum atomic E-state index is -0.327. The molecule has 1 aromatic rings. The molecule has 1 aliphatic rings. The van der Waals surface area contributed by atoms with Gasteiger partial charge in [0.1, 0.15) is 0 Å². The predicted molar refractivity (Wildman–Crippen MR) is 67.2 cm³/mol. The highest BCUT2D eigenvalue weighted by Crippen LogP contribution is 2.28. The molecule has 0 amide bonds. The first-order chi connectivity index (χ1) is 8.17. The molecule has 0 bridgehead atoms. The smallest absolute Gasteiger partial charge is 0.0951 e. The van der Waals surface area contributed by atoms with Crippen LogP contribution in [0.4, 0.5) is 0 Å². The van der Waals surface area contributed by atoms with Gasteiger partial charge in [0.15, 0.2) is 0 Å². The van der Waals surface area contributed by atoms with Crippen molar-refractivity contribution in [3.8, 4) is 6.07 Å². The van der Waals surface area contributed by atoms with Gasteiger partial charge >= 0.3 is 0 Å². The number of allylic oxidation sites excluding steroid dienone is 4. The van der Waals surface area contributed by atoms with Gasteiger partial charge in [-0.05, 0) is 25.3 Å². The van der Waals surface area contributed by atoms with Gasteiger partial charge in [-0.2, -0.15) is 5.26 Å². The van der Waals surface area contributed by atoms with Crippen LogP contribution in [0.5, 0.6) is 0 Å². The summed E-state index contributed by atoms with van der Waals surface area (Å²) in [4.78, 5) is 4.16. The van der Waals surface area contributed by atoms with Gasteiger partial charge < -0.3 is 4.57 Å². The molecule has 1 aromatic heterocycles. The minimum absolute atomic E-state index is 0.327. The molecule has 0 N–H and O–H groups in total. The topological polar surface area (TPSA) is 41.6 Å². The van der Waals surface area contributed by atoms with Crippen LogP contribution in [0.25, 0.3) is 0 Å². The van der Waals surface area contributed by atoms with Gasteiger partial charge in [0.2, 0.25) is 0 Å². The Bertz CT molecular complexity index is 502. The van der Waals surface area contributed by atoms with Crippen molar-refractivity contribution in [3.05, 3.63) is 42.0 Å². The molecule has 3 heteroatoms. The molecule has 2 rings (SSSR count). The van der Waals surface area contributed by atoms with Crippen LogP contribution in [0.3, 0.4) is 0 Å². The third-order valence-electron chi connectivity index (χ3n) is 3.22. The summed E-state index contributed by atoms with van der Waals surface area (Å²) < 4.78 is 2.16. The molecular weight excluding hydrogens is 210 g/mol.